The maximum absolute atomic E-state index is 12.5. The van der Waals surface area contributed by atoms with Gasteiger partial charge in [-0.3, -0.25) is 0 Å². The standard InChI is InChI=1S/C15H14F2O6/c1-9(2)13(19)23-11-6-4-10(5-7-11)22-12(18)8-21-14(20)15(3,16)17/h4-7H,1,8H2,2-3H3. The molecular formula is C15H14F2O6. The van der Waals surface area contributed by atoms with Gasteiger partial charge in [0.1, 0.15) is 11.5 Å². The Kier molecular flexibility index (Phi) is 5.94. The number of benzene rings is 1. The van der Waals surface area contributed by atoms with Crippen molar-refractivity contribution in [3.63, 3.8) is 0 Å². The number of carbonyl (C=O) groups is 3. The topological polar surface area (TPSA) is 78.9 Å². The molecule has 0 N–H and O–H groups in total. The normalized spacial score (nSPS) is 10.6. The third-order valence-corrected chi connectivity index (χ3v) is 2.29. The van der Waals surface area contributed by atoms with Gasteiger partial charge in [0.2, 0.25) is 0 Å². The molecule has 6 nitrogen and oxygen atoms in total. The predicted molar refractivity (Wildman–Crippen MR) is 74.1 cm³/mol. The van der Waals surface area contributed by atoms with Gasteiger partial charge in [0.05, 0.1) is 0 Å². The van der Waals surface area contributed by atoms with Crippen molar-refractivity contribution in [2.24, 2.45) is 0 Å². The molecule has 1 rings (SSSR count). The molecule has 0 aromatic heterocycles. The van der Waals surface area contributed by atoms with E-state index in [1.54, 1.807) is 0 Å². The van der Waals surface area contributed by atoms with E-state index in [4.69, 9.17) is 9.47 Å². The van der Waals surface area contributed by atoms with E-state index in [-0.39, 0.29) is 17.1 Å². The van der Waals surface area contributed by atoms with Crippen LogP contribution in [0.5, 0.6) is 11.5 Å². The van der Waals surface area contributed by atoms with Gasteiger partial charge in [0.25, 0.3) is 0 Å². The minimum atomic E-state index is -3.69. The van der Waals surface area contributed by atoms with Gasteiger partial charge >= 0.3 is 23.8 Å². The van der Waals surface area contributed by atoms with Crippen LogP contribution in [0.15, 0.2) is 36.4 Å². The van der Waals surface area contributed by atoms with Crippen LogP contribution in [0.25, 0.3) is 0 Å². The average Bonchev–Trinajstić information content (AvgIpc) is 2.45. The molecule has 0 fully saturated rings. The monoisotopic (exact) mass is 328 g/mol. The fourth-order valence-electron chi connectivity index (χ4n) is 1.18. The first-order valence-corrected chi connectivity index (χ1v) is 6.33. The summed E-state index contributed by atoms with van der Waals surface area (Å²) in [5, 5.41) is 0. The maximum Gasteiger partial charge on any atom is 0.377 e. The molecule has 0 unspecified atom stereocenters. The van der Waals surface area contributed by atoms with E-state index in [9.17, 15) is 23.2 Å². The first-order valence-electron chi connectivity index (χ1n) is 6.33. The minimum absolute atomic E-state index is 0.0597. The van der Waals surface area contributed by atoms with Crippen LogP contribution in [0.3, 0.4) is 0 Å². The van der Waals surface area contributed by atoms with Crippen LogP contribution in [-0.4, -0.2) is 30.4 Å². The smallest absolute Gasteiger partial charge is 0.377 e. The van der Waals surface area contributed by atoms with Crippen molar-refractivity contribution in [3.05, 3.63) is 36.4 Å². The number of hydrogen-bond donors (Lipinski definition) is 0. The second kappa shape index (κ2) is 7.48. The molecule has 1 aromatic rings. The van der Waals surface area contributed by atoms with Crippen molar-refractivity contribution in [3.8, 4) is 11.5 Å². The maximum atomic E-state index is 12.5. The molecule has 0 heterocycles. The van der Waals surface area contributed by atoms with Gasteiger partial charge in [0, 0.05) is 12.5 Å². The van der Waals surface area contributed by atoms with E-state index in [0.29, 0.717) is 6.92 Å². The molecule has 0 aliphatic carbocycles. The van der Waals surface area contributed by atoms with Crippen molar-refractivity contribution in [1.29, 1.82) is 0 Å². The van der Waals surface area contributed by atoms with Gasteiger partial charge < -0.3 is 14.2 Å². The van der Waals surface area contributed by atoms with Crippen molar-refractivity contribution in [1.82, 2.24) is 0 Å². The van der Waals surface area contributed by atoms with Crippen LogP contribution in [0.1, 0.15) is 13.8 Å². The lowest BCUT2D eigenvalue weighted by Crippen LogP contribution is -2.30. The zero-order valence-electron chi connectivity index (χ0n) is 12.4. The fourth-order valence-corrected chi connectivity index (χ4v) is 1.18. The Morgan fingerprint density at radius 2 is 1.57 bits per heavy atom. The molecule has 0 spiro atoms. The Hall–Kier alpha value is -2.77. The quantitative estimate of drug-likeness (QED) is 0.453. The largest absolute Gasteiger partial charge is 0.449 e. The van der Waals surface area contributed by atoms with Crippen LogP contribution in [-0.2, 0) is 19.1 Å². The summed E-state index contributed by atoms with van der Waals surface area (Å²) in [6, 6.07) is 5.34. The SMILES string of the molecule is C=C(C)C(=O)Oc1ccc(OC(=O)COC(=O)C(C)(F)F)cc1. The van der Waals surface area contributed by atoms with Crippen molar-refractivity contribution in [2.75, 3.05) is 6.61 Å². The number of carbonyl (C=O) groups excluding carboxylic acids is 3. The Morgan fingerprint density at radius 3 is 2.00 bits per heavy atom. The van der Waals surface area contributed by atoms with Crippen LogP contribution in [0, 0.1) is 0 Å². The molecule has 1 aromatic carbocycles. The second-order valence-electron chi connectivity index (χ2n) is 4.58. The van der Waals surface area contributed by atoms with E-state index < -0.39 is 30.4 Å². The van der Waals surface area contributed by atoms with Crippen LogP contribution >= 0.6 is 0 Å². The highest BCUT2D eigenvalue weighted by atomic mass is 19.3. The Morgan fingerprint density at radius 1 is 1.09 bits per heavy atom. The van der Waals surface area contributed by atoms with Gasteiger partial charge in [-0.25, -0.2) is 14.4 Å². The summed E-state index contributed by atoms with van der Waals surface area (Å²) in [7, 11) is 0. The molecule has 0 aliphatic rings. The fraction of sp³-hybridized carbons (Fsp3) is 0.267. The summed E-state index contributed by atoms with van der Waals surface area (Å²) in [5.41, 5.74) is 0.218. The van der Waals surface area contributed by atoms with Gasteiger partial charge in [0.15, 0.2) is 6.61 Å². The number of rotatable bonds is 6. The minimum Gasteiger partial charge on any atom is -0.449 e. The van der Waals surface area contributed by atoms with Crippen molar-refractivity contribution >= 4 is 17.9 Å². The third-order valence-electron chi connectivity index (χ3n) is 2.29. The van der Waals surface area contributed by atoms with E-state index in [0.717, 1.165) is 0 Å². The molecule has 8 heteroatoms. The van der Waals surface area contributed by atoms with Gasteiger partial charge in [-0.2, -0.15) is 8.78 Å². The predicted octanol–water partition coefficient (Wildman–Crippen LogP) is 2.27. The Bertz CT molecular complexity index is 616. The molecule has 0 saturated heterocycles. The summed E-state index contributed by atoms with van der Waals surface area (Å²) in [6.45, 7) is 4.31. The summed E-state index contributed by atoms with van der Waals surface area (Å²) in [5.74, 6) is -6.89. The number of alkyl halides is 2. The lowest BCUT2D eigenvalue weighted by molar-refractivity contribution is -0.173. The molecule has 0 aliphatic heterocycles. The summed E-state index contributed by atoms with van der Waals surface area (Å²) < 4.78 is 38.8. The molecule has 0 radical (unpaired) electrons. The summed E-state index contributed by atoms with van der Waals surface area (Å²) in [4.78, 5) is 33.4. The molecule has 23 heavy (non-hydrogen) atoms. The van der Waals surface area contributed by atoms with Crippen LogP contribution in [0.2, 0.25) is 0 Å². The Labute approximate surface area is 130 Å². The summed E-state index contributed by atoms with van der Waals surface area (Å²) >= 11 is 0. The average molecular weight is 328 g/mol. The zero-order chi connectivity index (χ0) is 17.6. The zero-order valence-corrected chi connectivity index (χ0v) is 12.4. The molecule has 0 atom stereocenters. The summed E-state index contributed by atoms with van der Waals surface area (Å²) in [6.07, 6.45) is 0. The van der Waals surface area contributed by atoms with E-state index >= 15 is 0 Å². The highest BCUT2D eigenvalue weighted by Gasteiger charge is 2.34. The lowest BCUT2D eigenvalue weighted by atomic mass is 10.3. The number of hydrogen-bond acceptors (Lipinski definition) is 6. The molecular weight excluding hydrogens is 314 g/mol. The van der Waals surface area contributed by atoms with Gasteiger partial charge in [-0.05, 0) is 31.2 Å². The Balaban J connectivity index is 2.52. The highest BCUT2D eigenvalue weighted by molar-refractivity contribution is 5.88. The van der Waals surface area contributed by atoms with Crippen molar-refractivity contribution < 1.29 is 37.4 Å². The number of esters is 3. The van der Waals surface area contributed by atoms with Crippen molar-refractivity contribution in [2.45, 2.75) is 19.8 Å². The van der Waals surface area contributed by atoms with E-state index in [1.165, 1.54) is 31.2 Å². The second-order valence-corrected chi connectivity index (χ2v) is 4.58. The van der Waals surface area contributed by atoms with E-state index in [2.05, 4.69) is 11.3 Å². The first kappa shape index (κ1) is 18.3. The van der Waals surface area contributed by atoms with Gasteiger partial charge in [-0.15, -0.1) is 0 Å². The molecule has 0 amide bonds. The van der Waals surface area contributed by atoms with Crippen LogP contribution in [0.4, 0.5) is 8.78 Å². The number of ether oxygens (including phenoxy) is 3. The van der Waals surface area contributed by atoms with E-state index in [1.807, 2.05) is 0 Å². The molecule has 124 valence electrons. The number of halogens is 2. The van der Waals surface area contributed by atoms with Crippen LogP contribution < -0.4 is 9.47 Å². The first-order chi connectivity index (χ1) is 10.6. The molecule has 0 saturated carbocycles. The third kappa shape index (κ3) is 6.25. The van der Waals surface area contributed by atoms with Gasteiger partial charge in [-0.1, -0.05) is 6.58 Å². The highest BCUT2D eigenvalue weighted by Crippen LogP contribution is 2.19. The lowest BCUT2D eigenvalue weighted by Gasteiger charge is -2.10. The molecule has 0 bridgehead atoms.